The summed E-state index contributed by atoms with van der Waals surface area (Å²) in [5.41, 5.74) is 2.88. The smallest absolute Gasteiger partial charge is 0.223 e. The first-order valence-corrected chi connectivity index (χ1v) is 7.64. The predicted octanol–water partition coefficient (Wildman–Crippen LogP) is 3.49. The Morgan fingerprint density at radius 2 is 2.24 bits per heavy atom. The predicted molar refractivity (Wildman–Crippen MR) is 82.4 cm³/mol. The number of rotatable bonds is 4. The molecule has 0 fully saturated rings. The van der Waals surface area contributed by atoms with E-state index in [9.17, 15) is 0 Å². The Labute approximate surface area is 129 Å². The molecular formula is C16H20ClN3O. The van der Waals surface area contributed by atoms with Gasteiger partial charge in [0.05, 0.1) is 0 Å². The molecule has 0 aliphatic heterocycles. The van der Waals surface area contributed by atoms with Crippen molar-refractivity contribution in [2.75, 3.05) is 6.54 Å². The molecule has 21 heavy (non-hydrogen) atoms. The Morgan fingerprint density at radius 1 is 1.43 bits per heavy atom. The maximum Gasteiger partial charge on any atom is 0.223 e. The van der Waals surface area contributed by atoms with Gasteiger partial charge in [0, 0.05) is 31.0 Å². The Balaban J connectivity index is 1.71. The molecule has 0 saturated carbocycles. The van der Waals surface area contributed by atoms with Gasteiger partial charge in [-0.2, -0.15) is 4.98 Å². The molecule has 5 heteroatoms. The maximum atomic E-state index is 6.15. The number of halogens is 1. The van der Waals surface area contributed by atoms with E-state index in [-0.39, 0.29) is 5.41 Å². The van der Waals surface area contributed by atoms with Gasteiger partial charge in [-0.15, -0.1) is 0 Å². The van der Waals surface area contributed by atoms with E-state index in [4.69, 9.17) is 16.1 Å². The zero-order chi connectivity index (χ0) is 15.0. The van der Waals surface area contributed by atoms with Crippen LogP contribution in [0.1, 0.15) is 42.7 Å². The third-order valence-corrected chi connectivity index (χ3v) is 4.35. The van der Waals surface area contributed by atoms with Crippen LogP contribution in [0.15, 0.2) is 22.7 Å². The fourth-order valence-corrected chi connectivity index (χ4v) is 3.35. The van der Waals surface area contributed by atoms with E-state index in [0.29, 0.717) is 11.9 Å². The average molecular weight is 306 g/mol. The first-order valence-electron chi connectivity index (χ1n) is 7.26. The molecule has 2 aromatic rings. The van der Waals surface area contributed by atoms with E-state index in [1.54, 1.807) is 0 Å². The summed E-state index contributed by atoms with van der Waals surface area (Å²) >= 11 is 6.15. The zero-order valence-corrected chi connectivity index (χ0v) is 13.4. The van der Waals surface area contributed by atoms with Gasteiger partial charge in [0.2, 0.25) is 5.89 Å². The van der Waals surface area contributed by atoms with Crippen molar-refractivity contribution < 1.29 is 4.52 Å². The van der Waals surface area contributed by atoms with E-state index in [1.807, 2.05) is 13.0 Å². The van der Waals surface area contributed by atoms with E-state index in [2.05, 4.69) is 41.4 Å². The van der Waals surface area contributed by atoms with Crippen LogP contribution in [0, 0.1) is 12.3 Å². The molecule has 1 heterocycles. The van der Waals surface area contributed by atoms with E-state index in [0.717, 1.165) is 30.2 Å². The van der Waals surface area contributed by atoms with Crippen LogP contribution in [-0.4, -0.2) is 16.7 Å². The van der Waals surface area contributed by atoms with Crippen molar-refractivity contribution >= 4 is 11.6 Å². The molecule has 4 nitrogen and oxygen atoms in total. The fourth-order valence-electron chi connectivity index (χ4n) is 3.17. The lowest BCUT2D eigenvalue weighted by Crippen LogP contribution is -2.32. The van der Waals surface area contributed by atoms with Crippen molar-refractivity contribution in [2.45, 2.75) is 39.7 Å². The van der Waals surface area contributed by atoms with Crippen molar-refractivity contribution in [1.29, 1.82) is 0 Å². The monoisotopic (exact) mass is 305 g/mol. The lowest BCUT2D eigenvalue weighted by Gasteiger charge is -2.28. The zero-order valence-electron chi connectivity index (χ0n) is 12.6. The van der Waals surface area contributed by atoms with Crippen LogP contribution in [0.4, 0.5) is 0 Å². The third kappa shape index (κ3) is 2.97. The van der Waals surface area contributed by atoms with Gasteiger partial charge in [-0.1, -0.05) is 36.7 Å². The number of aryl methyl sites for hydroxylation is 1. The molecule has 1 aliphatic carbocycles. The highest BCUT2D eigenvalue weighted by atomic mass is 35.5. The third-order valence-electron chi connectivity index (χ3n) is 4.11. The number of benzene rings is 1. The van der Waals surface area contributed by atoms with E-state index < -0.39 is 0 Å². The fraction of sp³-hybridized carbons (Fsp3) is 0.500. The van der Waals surface area contributed by atoms with Crippen LogP contribution in [0.3, 0.4) is 0 Å². The standard InChI is InChI=1S/C16H20ClN3O/c1-10-19-14(20-21-10)6-7-18-15-13-8-12(17)5-4-11(13)9-16(15,2)3/h4-5,8,15,18H,6-7,9H2,1-3H3. The molecule has 1 aromatic carbocycles. The molecule has 1 N–H and O–H groups in total. The second kappa shape index (κ2) is 5.43. The molecule has 0 bridgehead atoms. The molecule has 0 spiro atoms. The van der Waals surface area contributed by atoms with Gasteiger partial charge in [0.1, 0.15) is 0 Å². The lowest BCUT2D eigenvalue weighted by molar-refractivity contribution is 0.270. The van der Waals surface area contributed by atoms with Crippen LogP contribution in [0.25, 0.3) is 0 Å². The summed E-state index contributed by atoms with van der Waals surface area (Å²) in [6.45, 7) is 7.20. The number of aromatic nitrogens is 2. The quantitative estimate of drug-likeness (QED) is 0.939. The van der Waals surface area contributed by atoms with Gasteiger partial charge in [0.25, 0.3) is 0 Å². The summed E-state index contributed by atoms with van der Waals surface area (Å²) in [4.78, 5) is 4.23. The summed E-state index contributed by atoms with van der Waals surface area (Å²) < 4.78 is 4.99. The van der Waals surface area contributed by atoms with Gasteiger partial charge < -0.3 is 9.84 Å². The Morgan fingerprint density at radius 3 is 2.95 bits per heavy atom. The van der Waals surface area contributed by atoms with E-state index >= 15 is 0 Å². The number of hydrogen-bond donors (Lipinski definition) is 1. The van der Waals surface area contributed by atoms with Gasteiger partial charge in [-0.05, 0) is 35.1 Å². The van der Waals surface area contributed by atoms with Gasteiger partial charge >= 0.3 is 0 Å². The lowest BCUT2D eigenvalue weighted by atomic mass is 9.85. The second-order valence-corrected chi connectivity index (χ2v) is 6.81. The molecule has 1 aromatic heterocycles. The molecule has 3 rings (SSSR count). The molecule has 1 unspecified atom stereocenters. The molecule has 0 radical (unpaired) electrons. The van der Waals surface area contributed by atoms with Crippen LogP contribution in [-0.2, 0) is 12.8 Å². The minimum absolute atomic E-state index is 0.181. The molecule has 112 valence electrons. The Hall–Kier alpha value is -1.39. The van der Waals surface area contributed by atoms with Crippen molar-refractivity contribution in [1.82, 2.24) is 15.5 Å². The number of fused-ring (bicyclic) bond motifs is 1. The summed E-state index contributed by atoms with van der Waals surface area (Å²) in [6, 6.07) is 6.51. The summed E-state index contributed by atoms with van der Waals surface area (Å²) in [6.07, 6.45) is 1.83. The summed E-state index contributed by atoms with van der Waals surface area (Å²) in [7, 11) is 0. The summed E-state index contributed by atoms with van der Waals surface area (Å²) in [5, 5.41) is 8.36. The minimum Gasteiger partial charge on any atom is -0.340 e. The molecule has 1 aliphatic rings. The topological polar surface area (TPSA) is 51.0 Å². The maximum absolute atomic E-state index is 6.15. The number of hydrogen-bond acceptors (Lipinski definition) is 4. The van der Waals surface area contributed by atoms with Crippen LogP contribution < -0.4 is 5.32 Å². The van der Waals surface area contributed by atoms with Crippen LogP contribution in [0.2, 0.25) is 5.02 Å². The first kappa shape index (κ1) is 14.5. The van der Waals surface area contributed by atoms with Crippen LogP contribution in [0.5, 0.6) is 0 Å². The number of nitrogens with one attached hydrogen (secondary N) is 1. The SMILES string of the molecule is Cc1nc(CCNC2c3cc(Cl)ccc3CC2(C)C)no1. The normalized spacial score (nSPS) is 19.7. The Kier molecular flexibility index (Phi) is 3.76. The molecular weight excluding hydrogens is 286 g/mol. The average Bonchev–Trinajstić information content (AvgIpc) is 2.92. The minimum atomic E-state index is 0.181. The molecule has 0 amide bonds. The highest BCUT2D eigenvalue weighted by Crippen LogP contribution is 2.45. The molecule has 1 atom stereocenters. The van der Waals surface area contributed by atoms with E-state index in [1.165, 1.54) is 11.1 Å². The highest BCUT2D eigenvalue weighted by Gasteiger charge is 2.38. The van der Waals surface area contributed by atoms with Crippen molar-refractivity contribution in [3.63, 3.8) is 0 Å². The van der Waals surface area contributed by atoms with Gasteiger partial charge in [-0.3, -0.25) is 0 Å². The van der Waals surface area contributed by atoms with Crippen LogP contribution >= 0.6 is 11.6 Å². The van der Waals surface area contributed by atoms with Crippen molar-refractivity contribution in [3.8, 4) is 0 Å². The molecule has 0 saturated heterocycles. The first-order chi connectivity index (χ1) is 9.95. The highest BCUT2D eigenvalue weighted by molar-refractivity contribution is 6.30. The second-order valence-electron chi connectivity index (χ2n) is 6.38. The largest absolute Gasteiger partial charge is 0.340 e. The number of nitrogens with zero attached hydrogens (tertiary/aromatic N) is 2. The van der Waals surface area contributed by atoms with Crippen molar-refractivity contribution in [2.24, 2.45) is 5.41 Å². The summed E-state index contributed by atoms with van der Waals surface area (Å²) in [5.74, 6) is 1.37. The van der Waals surface area contributed by atoms with Crippen molar-refractivity contribution in [3.05, 3.63) is 46.1 Å². The Bertz CT molecular complexity index is 651. The van der Waals surface area contributed by atoms with Gasteiger partial charge in [-0.25, -0.2) is 0 Å². The van der Waals surface area contributed by atoms with Gasteiger partial charge in [0.15, 0.2) is 5.82 Å².